The molecule has 172 valence electrons. The Hall–Kier alpha value is 0. The minimum absolute atomic E-state index is 1.11. The van der Waals surface area contributed by atoms with E-state index in [9.17, 15) is 0 Å². The zero-order valence-corrected chi connectivity index (χ0v) is 20.2. The van der Waals surface area contributed by atoms with E-state index < -0.39 is 0 Å². The molecule has 0 amide bonds. The zero-order chi connectivity index (χ0) is 20.2. The summed E-state index contributed by atoms with van der Waals surface area (Å²) in [6.07, 6.45) is 34.7. The number of hydrogen-bond donors (Lipinski definition) is 0. The Balaban J connectivity index is 1.46. The molecule has 5 fully saturated rings. The van der Waals surface area contributed by atoms with E-state index >= 15 is 0 Å². The Labute approximate surface area is 188 Å². The summed E-state index contributed by atoms with van der Waals surface area (Å²) in [6, 6.07) is 0. The Morgan fingerprint density at radius 3 is 1.33 bits per heavy atom. The first-order chi connectivity index (χ1) is 14.9. The summed E-state index contributed by atoms with van der Waals surface area (Å²) in [5, 5.41) is 0. The van der Waals surface area contributed by atoms with Gasteiger partial charge >= 0.3 is 0 Å². The van der Waals surface area contributed by atoms with Crippen LogP contribution in [0.4, 0.5) is 0 Å². The lowest BCUT2D eigenvalue weighted by Gasteiger charge is -2.48. The van der Waals surface area contributed by atoms with Gasteiger partial charge < -0.3 is 0 Å². The second kappa shape index (κ2) is 10.7. The van der Waals surface area contributed by atoms with Crippen molar-refractivity contribution >= 4 is 0 Å². The maximum absolute atomic E-state index is 1.65. The highest BCUT2D eigenvalue weighted by Gasteiger charge is 2.47. The minimum atomic E-state index is 1.11. The van der Waals surface area contributed by atoms with Crippen LogP contribution in [0.25, 0.3) is 0 Å². The van der Waals surface area contributed by atoms with Crippen molar-refractivity contribution < 1.29 is 0 Å². The Morgan fingerprint density at radius 2 is 0.800 bits per heavy atom. The SMILES string of the molecule is C1CCC(C(C2CCCC2)C(C2CCCC2)C(CC2CCCC2)C2CCCC2)CC1. The van der Waals surface area contributed by atoms with Crippen molar-refractivity contribution in [3.63, 3.8) is 0 Å². The second-order valence-corrected chi connectivity index (χ2v) is 12.7. The molecule has 5 saturated carbocycles. The average molecular weight is 413 g/mol. The van der Waals surface area contributed by atoms with Crippen LogP contribution in [-0.2, 0) is 0 Å². The third kappa shape index (κ3) is 4.98. The molecule has 0 heteroatoms. The molecule has 0 saturated heterocycles. The molecule has 0 aromatic rings. The largest absolute Gasteiger partial charge is 0.0533 e. The van der Waals surface area contributed by atoms with Gasteiger partial charge in [0, 0.05) is 0 Å². The second-order valence-electron chi connectivity index (χ2n) is 12.7. The fourth-order valence-electron chi connectivity index (χ4n) is 9.85. The van der Waals surface area contributed by atoms with Gasteiger partial charge in [-0.05, 0) is 53.8 Å². The van der Waals surface area contributed by atoms with E-state index in [1.807, 2.05) is 0 Å². The van der Waals surface area contributed by atoms with Crippen LogP contribution in [0.5, 0.6) is 0 Å². The molecule has 3 atom stereocenters. The van der Waals surface area contributed by atoms with E-state index in [0.29, 0.717) is 0 Å². The van der Waals surface area contributed by atoms with Crippen molar-refractivity contribution in [1.29, 1.82) is 0 Å². The molecular weight excluding hydrogens is 360 g/mol. The molecule has 0 aromatic carbocycles. The topological polar surface area (TPSA) is 0 Å². The van der Waals surface area contributed by atoms with E-state index in [1.165, 1.54) is 6.42 Å². The summed E-state index contributed by atoms with van der Waals surface area (Å²) in [4.78, 5) is 0. The molecule has 0 aromatic heterocycles. The summed E-state index contributed by atoms with van der Waals surface area (Å²) in [6.45, 7) is 0. The number of rotatable bonds is 8. The molecule has 0 spiro atoms. The van der Waals surface area contributed by atoms with Crippen LogP contribution < -0.4 is 0 Å². The molecule has 5 aliphatic rings. The molecule has 0 bridgehead atoms. The lowest BCUT2D eigenvalue weighted by Crippen LogP contribution is -2.41. The van der Waals surface area contributed by atoms with Gasteiger partial charge in [-0.15, -0.1) is 0 Å². The molecular formula is C30H52. The van der Waals surface area contributed by atoms with Gasteiger partial charge in [-0.3, -0.25) is 0 Å². The maximum atomic E-state index is 1.65. The van der Waals surface area contributed by atoms with Gasteiger partial charge in [-0.25, -0.2) is 0 Å². The molecule has 0 radical (unpaired) electrons. The highest BCUT2D eigenvalue weighted by Crippen LogP contribution is 2.55. The summed E-state index contributed by atoms with van der Waals surface area (Å²) in [7, 11) is 0. The van der Waals surface area contributed by atoms with Crippen molar-refractivity contribution in [2.24, 2.45) is 47.3 Å². The van der Waals surface area contributed by atoms with E-state index in [4.69, 9.17) is 0 Å². The summed E-state index contributed by atoms with van der Waals surface area (Å²) >= 11 is 0. The first kappa shape index (κ1) is 21.8. The van der Waals surface area contributed by atoms with Gasteiger partial charge in [-0.2, -0.15) is 0 Å². The standard InChI is InChI=1S/C30H52/c1-2-16-25(17-3-1)29(26-18-8-9-19-26)30(27-20-10-11-21-27)28(24-14-6-7-15-24)22-23-12-4-5-13-23/h23-30H,1-22H2. The summed E-state index contributed by atoms with van der Waals surface area (Å²) in [5.74, 6) is 8.94. The predicted octanol–water partition coefficient (Wildman–Crippen LogP) is 9.57. The van der Waals surface area contributed by atoms with E-state index in [1.54, 1.807) is 135 Å². The van der Waals surface area contributed by atoms with Gasteiger partial charge in [0.2, 0.25) is 0 Å². The molecule has 0 aliphatic heterocycles. The lowest BCUT2D eigenvalue weighted by molar-refractivity contribution is 0.00703. The van der Waals surface area contributed by atoms with Crippen molar-refractivity contribution in [3.8, 4) is 0 Å². The molecule has 5 aliphatic carbocycles. The van der Waals surface area contributed by atoms with Crippen molar-refractivity contribution in [1.82, 2.24) is 0 Å². The van der Waals surface area contributed by atoms with Crippen LogP contribution in [0.1, 0.15) is 141 Å². The fraction of sp³-hybridized carbons (Fsp3) is 1.00. The minimum Gasteiger partial charge on any atom is -0.0533 e. The van der Waals surface area contributed by atoms with Crippen molar-refractivity contribution in [3.05, 3.63) is 0 Å². The molecule has 5 rings (SSSR count). The normalized spacial score (nSPS) is 31.6. The highest BCUT2D eigenvalue weighted by molar-refractivity contribution is 4.96. The van der Waals surface area contributed by atoms with Gasteiger partial charge in [-0.1, -0.05) is 135 Å². The molecule has 0 N–H and O–H groups in total. The van der Waals surface area contributed by atoms with Crippen molar-refractivity contribution in [2.75, 3.05) is 0 Å². The van der Waals surface area contributed by atoms with E-state index in [2.05, 4.69) is 0 Å². The first-order valence-corrected chi connectivity index (χ1v) is 14.9. The van der Waals surface area contributed by atoms with Crippen LogP contribution in [0.3, 0.4) is 0 Å². The maximum Gasteiger partial charge on any atom is -0.0321 e. The Morgan fingerprint density at radius 1 is 0.400 bits per heavy atom. The quantitative estimate of drug-likeness (QED) is 0.372. The van der Waals surface area contributed by atoms with Gasteiger partial charge in [0.25, 0.3) is 0 Å². The molecule has 3 unspecified atom stereocenters. The Kier molecular flexibility index (Phi) is 7.82. The highest BCUT2D eigenvalue weighted by atomic mass is 14.5. The summed E-state index contributed by atoms with van der Waals surface area (Å²) in [5.41, 5.74) is 0. The third-order valence-corrected chi connectivity index (χ3v) is 11.1. The van der Waals surface area contributed by atoms with Gasteiger partial charge in [0.1, 0.15) is 0 Å². The van der Waals surface area contributed by atoms with Crippen molar-refractivity contribution in [2.45, 2.75) is 141 Å². The van der Waals surface area contributed by atoms with Crippen LogP contribution in [0.15, 0.2) is 0 Å². The van der Waals surface area contributed by atoms with E-state index in [0.717, 1.165) is 47.3 Å². The zero-order valence-electron chi connectivity index (χ0n) is 20.2. The van der Waals surface area contributed by atoms with Crippen LogP contribution in [-0.4, -0.2) is 0 Å². The Bertz CT molecular complexity index is 478. The summed E-state index contributed by atoms with van der Waals surface area (Å²) < 4.78 is 0. The monoisotopic (exact) mass is 412 g/mol. The predicted molar refractivity (Wildman–Crippen MR) is 129 cm³/mol. The first-order valence-electron chi connectivity index (χ1n) is 14.9. The van der Waals surface area contributed by atoms with Gasteiger partial charge in [0.05, 0.1) is 0 Å². The van der Waals surface area contributed by atoms with Gasteiger partial charge in [0.15, 0.2) is 0 Å². The van der Waals surface area contributed by atoms with Crippen LogP contribution in [0.2, 0.25) is 0 Å². The van der Waals surface area contributed by atoms with E-state index in [-0.39, 0.29) is 0 Å². The third-order valence-electron chi connectivity index (χ3n) is 11.1. The molecule has 30 heavy (non-hydrogen) atoms. The molecule has 0 nitrogen and oxygen atoms in total. The fourth-order valence-corrected chi connectivity index (χ4v) is 9.85. The smallest absolute Gasteiger partial charge is 0.0321 e. The van der Waals surface area contributed by atoms with Crippen LogP contribution in [0, 0.1) is 47.3 Å². The average Bonchev–Trinajstić information content (AvgIpc) is 3.59. The molecule has 0 heterocycles. The number of hydrogen-bond acceptors (Lipinski definition) is 0. The lowest BCUT2D eigenvalue weighted by atomic mass is 9.57. The van der Waals surface area contributed by atoms with Crippen LogP contribution >= 0.6 is 0 Å².